The Balaban J connectivity index is 1.31. The number of amides is 3. The van der Waals surface area contributed by atoms with Crippen molar-refractivity contribution in [2.75, 3.05) is 44.3 Å². The average Bonchev–Trinajstić information content (AvgIpc) is 3.50. The number of anilines is 1. The molecule has 1 fully saturated rings. The highest BCUT2D eigenvalue weighted by Crippen LogP contribution is 2.30. The van der Waals surface area contributed by atoms with Crippen LogP contribution in [0.5, 0.6) is 11.5 Å². The number of aryl methyl sites for hydroxylation is 1. The quantitative estimate of drug-likeness (QED) is 0.450. The third-order valence-corrected chi connectivity index (χ3v) is 6.67. The molecule has 12 heteroatoms. The number of aromatic nitrogens is 4. The molecule has 2 N–H and O–H groups in total. The van der Waals surface area contributed by atoms with Crippen LogP contribution in [0.1, 0.15) is 31.0 Å². The zero-order valence-corrected chi connectivity index (χ0v) is 22.3. The fraction of sp³-hybridized carbons (Fsp3) is 0.444. The Hall–Kier alpha value is -4.35. The number of rotatable bonds is 8. The molecule has 12 nitrogen and oxygen atoms in total. The number of hydrogen-bond donors (Lipinski definition) is 2. The molecule has 0 saturated carbocycles. The summed E-state index contributed by atoms with van der Waals surface area (Å²) in [5.74, 6) is 2.51. The van der Waals surface area contributed by atoms with E-state index in [0.717, 1.165) is 17.7 Å². The maximum absolute atomic E-state index is 13.2. The molecule has 1 atom stereocenters. The summed E-state index contributed by atoms with van der Waals surface area (Å²) in [5, 5.41) is 5.97. The van der Waals surface area contributed by atoms with Gasteiger partial charge in [-0.1, -0.05) is 13.0 Å². The lowest BCUT2D eigenvalue weighted by atomic mass is 10.1. The van der Waals surface area contributed by atoms with Crippen LogP contribution in [0, 0.1) is 6.92 Å². The first-order chi connectivity index (χ1) is 19.0. The third kappa shape index (κ3) is 6.39. The Labute approximate surface area is 227 Å². The summed E-state index contributed by atoms with van der Waals surface area (Å²) in [6, 6.07) is 7.20. The number of benzene rings is 1. The number of hydrogen-bond acceptors (Lipinski definition) is 8. The molecular weight excluding hydrogens is 500 g/mol. The molecule has 0 spiro atoms. The van der Waals surface area contributed by atoms with Crippen molar-refractivity contribution < 1.29 is 19.1 Å². The number of nitrogens with one attached hydrogen (secondary N) is 2. The molecular formula is C27H34N8O4. The van der Waals surface area contributed by atoms with Crippen molar-refractivity contribution in [1.29, 1.82) is 0 Å². The molecule has 0 radical (unpaired) electrons. The summed E-state index contributed by atoms with van der Waals surface area (Å²) in [6.45, 7) is 7.40. The van der Waals surface area contributed by atoms with Crippen molar-refractivity contribution >= 4 is 17.8 Å². The predicted octanol–water partition coefficient (Wildman–Crippen LogP) is 2.06. The second-order valence-corrected chi connectivity index (χ2v) is 9.62. The Bertz CT molecular complexity index is 1300. The summed E-state index contributed by atoms with van der Waals surface area (Å²) in [5.41, 5.74) is 1.72. The molecule has 0 aliphatic carbocycles. The van der Waals surface area contributed by atoms with E-state index in [1.165, 1.54) is 0 Å². The highest BCUT2D eigenvalue weighted by Gasteiger charge is 2.32. The molecule has 4 heterocycles. The Morgan fingerprint density at radius 1 is 1.08 bits per heavy atom. The summed E-state index contributed by atoms with van der Waals surface area (Å²) in [4.78, 5) is 43.2. The number of ether oxygens (including phenoxy) is 2. The number of carbonyl (C=O) groups is 2. The predicted molar refractivity (Wildman–Crippen MR) is 144 cm³/mol. The van der Waals surface area contributed by atoms with Crippen LogP contribution in [-0.2, 0) is 11.3 Å². The zero-order chi connectivity index (χ0) is 27.2. The van der Waals surface area contributed by atoms with E-state index in [0.29, 0.717) is 69.2 Å². The number of urea groups is 1. The Kier molecular flexibility index (Phi) is 8.09. The van der Waals surface area contributed by atoms with Gasteiger partial charge in [-0.25, -0.2) is 14.8 Å². The van der Waals surface area contributed by atoms with Crippen molar-refractivity contribution in [3.8, 4) is 17.4 Å². The first kappa shape index (κ1) is 26.3. The van der Waals surface area contributed by atoms with E-state index in [9.17, 15) is 9.59 Å². The number of nitrogens with zero attached hydrogens (tertiary/aromatic N) is 6. The summed E-state index contributed by atoms with van der Waals surface area (Å²) in [6.07, 6.45) is 6.17. The van der Waals surface area contributed by atoms with Gasteiger partial charge in [0, 0.05) is 63.3 Å². The van der Waals surface area contributed by atoms with E-state index in [1.54, 1.807) is 28.2 Å². The minimum Gasteiger partial charge on any atom is -0.486 e. The standard InChI is InChI=1S/C27H34N8O4/c1-3-6-29-27(37)33-9-10-35(24-13-19(2)31-26(32-24)34-8-7-28-18-34)21(17-33)15-25(36)30-16-20-4-5-22-23(14-20)39-12-11-38-22/h4-5,7-8,13-14,18,21H,3,6,9-12,15-17H2,1-2H3,(H,29,37)(H,30,36). The molecule has 39 heavy (non-hydrogen) atoms. The van der Waals surface area contributed by atoms with Gasteiger partial charge in [-0.05, 0) is 31.0 Å². The Morgan fingerprint density at radius 2 is 1.92 bits per heavy atom. The van der Waals surface area contributed by atoms with Crippen LogP contribution in [0.2, 0.25) is 0 Å². The van der Waals surface area contributed by atoms with Gasteiger partial charge in [0.05, 0.1) is 6.04 Å². The van der Waals surface area contributed by atoms with Gasteiger partial charge in [0.15, 0.2) is 11.5 Å². The largest absolute Gasteiger partial charge is 0.486 e. The maximum Gasteiger partial charge on any atom is 0.317 e. The van der Waals surface area contributed by atoms with Crippen molar-refractivity contribution in [2.24, 2.45) is 0 Å². The van der Waals surface area contributed by atoms with Crippen LogP contribution in [0.15, 0.2) is 43.0 Å². The van der Waals surface area contributed by atoms with Crippen molar-refractivity contribution in [2.45, 2.75) is 39.3 Å². The van der Waals surface area contributed by atoms with Crippen LogP contribution >= 0.6 is 0 Å². The molecule has 5 rings (SSSR count). The van der Waals surface area contributed by atoms with Crippen LogP contribution in [0.4, 0.5) is 10.6 Å². The number of piperazine rings is 1. The molecule has 206 valence electrons. The SMILES string of the molecule is CCCNC(=O)N1CCN(c2cc(C)nc(-n3ccnc3)n2)C(CC(=O)NCc2ccc3c(c2)OCCO3)C1. The fourth-order valence-electron chi connectivity index (χ4n) is 4.72. The maximum atomic E-state index is 13.2. The monoisotopic (exact) mass is 534 g/mol. The van der Waals surface area contributed by atoms with E-state index in [1.807, 2.05) is 38.1 Å². The second-order valence-electron chi connectivity index (χ2n) is 9.62. The van der Waals surface area contributed by atoms with Gasteiger partial charge in [-0.15, -0.1) is 0 Å². The molecule has 1 aromatic carbocycles. The number of fused-ring (bicyclic) bond motifs is 1. The van der Waals surface area contributed by atoms with E-state index >= 15 is 0 Å². The zero-order valence-electron chi connectivity index (χ0n) is 22.3. The van der Waals surface area contributed by atoms with Crippen LogP contribution in [0.25, 0.3) is 5.95 Å². The van der Waals surface area contributed by atoms with Gasteiger partial charge >= 0.3 is 6.03 Å². The fourth-order valence-corrected chi connectivity index (χ4v) is 4.72. The first-order valence-electron chi connectivity index (χ1n) is 13.3. The first-order valence-corrected chi connectivity index (χ1v) is 13.3. The summed E-state index contributed by atoms with van der Waals surface area (Å²) < 4.78 is 13.0. The van der Waals surface area contributed by atoms with Crippen molar-refractivity contribution in [3.63, 3.8) is 0 Å². The molecule has 2 aliphatic heterocycles. The molecule has 2 aromatic heterocycles. The lowest BCUT2D eigenvalue weighted by molar-refractivity contribution is -0.121. The van der Waals surface area contributed by atoms with Gasteiger partial charge in [0.2, 0.25) is 11.9 Å². The van der Waals surface area contributed by atoms with Crippen LogP contribution < -0.4 is 25.0 Å². The lowest BCUT2D eigenvalue weighted by Crippen LogP contribution is -2.58. The highest BCUT2D eigenvalue weighted by molar-refractivity contribution is 5.78. The molecule has 0 bridgehead atoms. The molecule has 1 saturated heterocycles. The number of carbonyl (C=O) groups excluding carboxylic acids is 2. The smallest absolute Gasteiger partial charge is 0.317 e. The molecule has 2 aliphatic rings. The molecule has 3 aromatic rings. The minimum absolute atomic E-state index is 0.115. The highest BCUT2D eigenvalue weighted by atomic mass is 16.6. The van der Waals surface area contributed by atoms with E-state index < -0.39 is 0 Å². The number of imidazole rings is 1. The van der Waals surface area contributed by atoms with E-state index in [2.05, 4.69) is 25.5 Å². The third-order valence-electron chi connectivity index (χ3n) is 6.67. The molecule has 3 amide bonds. The normalized spacial score (nSPS) is 16.6. The van der Waals surface area contributed by atoms with Gasteiger partial charge in [0.1, 0.15) is 25.4 Å². The second kappa shape index (κ2) is 12.0. The Morgan fingerprint density at radius 3 is 2.72 bits per heavy atom. The van der Waals surface area contributed by atoms with Gasteiger partial charge < -0.3 is 29.9 Å². The van der Waals surface area contributed by atoms with Gasteiger partial charge in [-0.3, -0.25) is 9.36 Å². The summed E-state index contributed by atoms with van der Waals surface area (Å²) >= 11 is 0. The van der Waals surface area contributed by atoms with Gasteiger partial charge in [-0.2, -0.15) is 4.98 Å². The van der Waals surface area contributed by atoms with Crippen molar-refractivity contribution in [1.82, 2.24) is 35.1 Å². The van der Waals surface area contributed by atoms with Crippen molar-refractivity contribution in [3.05, 3.63) is 54.2 Å². The molecule has 1 unspecified atom stereocenters. The van der Waals surface area contributed by atoms with Gasteiger partial charge in [0.25, 0.3) is 0 Å². The average molecular weight is 535 g/mol. The topological polar surface area (TPSA) is 127 Å². The van der Waals surface area contributed by atoms with Crippen LogP contribution in [-0.4, -0.2) is 81.8 Å². The van der Waals surface area contributed by atoms with E-state index in [4.69, 9.17) is 14.5 Å². The van der Waals surface area contributed by atoms with E-state index in [-0.39, 0.29) is 24.4 Å². The van der Waals surface area contributed by atoms with Crippen LogP contribution in [0.3, 0.4) is 0 Å². The lowest BCUT2D eigenvalue weighted by Gasteiger charge is -2.42. The summed E-state index contributed by atoms with van der Waals surface area (Å²) in [7, 11) is 0. The minimum atomic E-state index is -0.267.